The molecule has 1 amide bonds. The molecule has 3 rings (SSSR count). The van der Waals surface area contributed by atoms with E-state index in [2.05, 4.69) is 25.3 Å². The van der Waals surface area contributed by atoms with Gasteiger partial charge in [0.1, 0.15) is 6.04 Å². The molecule has 0 aliphatic carbocycles. The van der Waals surface area contributed by atoms with Crippen LogP contribution in [0.2, 0.25) is 0 Å². The van der Waals surface area contributed by atoms with Crippen molar-refractivity contribution in [3.05, 3.63) is 41.7 Å². The molecule has 0 unspecified atom stereocenters. The normalized spacial score (nSPS) is 11.3. The van der Waals surface area contributed by atoms with Gasteiger partial charge in [0.15, 0.2) is 17.0 Å². The summed E-state index contributed by atoms with van der Waals surface area (Å²) in [6, 6.07) is 5.16. The minimum atomic E-state index is -1.30. The van der Waals surface area contributed by atoms with Crippen molar-refractivity contribution in [1.29, 1.82) is 0 Å². The number of halogens is 1. The third-order valence-corrected chi connectivity index (χ3v) is 4.72. The Hall–Kier alpha value is -4.26. The molecule has 0 bridgehead atoms. The van der Waals surface area contributed by atoms with Gasteiger partial charge in [0.25, 0.3) is 5.91 Å². The Morgan fingerprint density at radius 2 is 1.76 bits per heavy atom. The number of aromatic nitrogens is 4. The van der Waals surface area contributed by atoms with Crippen LogP contribution in [-0.4, -0.2) is 61.1 Å². The number of carboxylic acid groups (broad SMARTS) is 2. The molecular weight excluding hydrogens is 468 g/mol. The molecule has 1 aromatic carbocycles. The third kappa shape index (κ3) is 6.38. The fourth-order valence-electron chi connectivity index (χ4n) is 3.03. The molecule has 7 N–H and O–H groups in total. The maximum atomic E-state index is 12.4. The van der Waals surface area contributed by atoms with E-state index >= 15 is 0 Å². The van der Waals surface area contributed by atoms with Gasteiger partial charge in [-0.05, 0) is 30.7 Å². The number of nitrogen functional groups attached to an aromatic ring is 2. The molecule has 13 nitrogen and oxygen atoms in total. The predicted molar refractivity (Wildman–Crippen MR) is 126 cm³/mol. The van der Waals surface area contributed by atoms with E-state index in [1.54, 1.807) is 18.3 Å². The lowest BCUT2D eigenvalue weighted by Gasteiger charge is -2.19. The van der Waals surface area contributed by atoms with E-state index in [-0.39, 0.29) is 42.6 Å². The first-order valence-electron chi connectivity index (χ1n) is 9.75. The van der Waals surface area contributed by atoms with Gasteiger partial charge in [-0.3, -0.25) is 9.59 Å². The number of nitrogens with zero attached hydrogens (tertiary/aromatic N) is 5. The maximum absolute atomic E-state index is 12.4. The summed E-state index contributed by atoms with van der Waals surface area (Å²) < 4.78 is 0. The lowest BCUT2D eigenvalue weighted by atomic mass is 10.1. The zero-order valence-corrected chi connectivity index (χ0v) is 18.8. The molecule has 2 heterocycles. The van der Waals surface area contributed by atoms with Gasteiger partial charge in [-0.15, -0.1) is 12.4 Å². The van der Waals surface area contributed by atoms with Crippen LogP contribution in [0, 0.1) is 0 Å². The fourth-order valence-corrected chi connectivity index (χ4v) is 3.03. The van der Waals surface area contributed by atoms with Crippen molar-refractivity contribution in [3.8, 4) is 0 Å². The maximum Gasteiger partial charge on any atom is 0.326 e. The summed E-state index contributed by atoms with van der Waals surface area (Å²) in [5.74, 6) is -2.91. The minimum Gasteiger partial charge on any atom is -0.481 e. The van der Waals surface area contributed by atoms with Gasteiger partial charge in [-0.2, -0.15) is 9.97 Å². The van der Waals surface area contributed by atoms with Crippen molar-refractivity contribution in [1.82, 2.24) is 25.3 Å². The first kappa shape index (κ1) is 26.0. The topological polar surface area (TPSA) is 211 Å². The summed E-state index contributed by atoms with van der Waals surface area (Å²) in [5, 5.41) is 20.2. The number of carbonyl (C=O) groups is 3. The molecule has 0 aliphatic rings. The lowest BCUT2D eigenvalue weighted by molar-refractivity contribution is -0.140. The van der Waals surface area contributed by atoms with Gasteiger partial charge in [-0.1, -0.05) is 0 Å². The van der Waals surface area contributed by atoms with E-state index in [4.69, 9.17) is 16.6 Å². The molecule has 0 fully saturated rings. The second-order valence-corrected chi connectivity index (χ2v) is 7.20. The quantitative estimate of drug-likeness (QED) is 0.280. The van der Waals surface area contributed by atoms with Crippen LogP contribution in [0.1, 0.15) is 28.9 Å². The zero-order chi connectivity index (χ0) is 24.1. The Labute approximate surface area is 199 Å². The number of carboxylic acids is 2. The van der Waals surface area contributed by atoms with Gasteiger partial charge in [0.05, 0.1) is 18.4 Å². The molecule has 0 saturated heterocycles. The first-order chi connectivity index (χ1) is 15.6. The van der Waals surface area contributed by atoms with Crippen LogP contribution >= 0.6 is 12.4 Å². The highest BCUT2D eigenvalue weighted by molar-refractivity contribution is 5.97. The number of carbonyl (C=O) groups excluding carboxylic acids is 1. The van der Waals surface area contributed by atoms with Crippen molar-refractivity contribution in [2.24, 2.45) is 0 Å². The number of nitrogens with one attached hydrogen (secondary N) is 1. The zero-order valence-electron chi connectivity index (χ0n) is 18.0. The summed E-state index contributed by atoms with van der Waals surface area (Å²) in [6.45, 7) is 0.370. The Balaban J connectivity index is 0.00000408. The molecule has 180 valence electrons. The van der Waals surface area contributed by atoms with Crippen LogP contribution in [0.25, 0.3) is 11.2 Å². The molecule has 3 aromatic rings. The number of rotatable bonds is 9. The number of anilines is 3. The van der Waals surface area contributed by atoms with Crippen LogP contribution < -0.4 is 21.7 Å². The van der Waals surface area contributed by atoms with Crippen molar-refractivity contribution in [2.45, 2.75) is 25.4 Å². The monoisotopic (exact) mass is 490 g/mol. The lowest BCUT2D eigenvalue weighted by Crippen LogP contribution is -2.41. The summed E-state index contributed by atoms with van der Waals surface area (Å²) in [7, 11) is 1.82. The molecule has 1 atom stereocenters. The second-order valence-electron chi connectivity index (χ2n) is 7.20. The average Bonchev–Trinajstić information content (AvgIpc) is 2.76. The van der Waals surface area contributed by atoms with Gasteiger partial charge in [0.2, 0.25) is 5.95 Å². The van der Waals surface area contributed by atoms with Gasteiger partial charge < -0.3 is 31.9 Å². The summed E-state index contributed by atoms with van der Waals surface area (Å²) in [5.41, 5.74) is 13.7. The van der Waals surface area contributed by atoms with E-state index in [9.17, 15) is 19.5 Å². The van der Waals surface area contributed by atoms with Crippen molar-refractivity contribution >= 4 is 58.9 Å². The largest absolute Gasteiger partial charge is 0.481 e. The standard InChI is InChI=1S/C20H22N8O5.ClH/c1-28(9-11-8-23-17-15(24-11)16(21)26-20(22)27-17)12-4-2-10(3-5-12)18(31)25-13(19(32)33)6-7-14(29)30;/h2-5,8,13H,6-7,9H2,1H3,(H,25,31)(H,29,30)(H,32,33)(H4,21,22,23,26,27);1H/t13-;/m0./s1. The van der Waals surface area contributed by atoms with Crippen molar-refractivity contribution < 1.29 is 24.6 Å². The highest BCUT2D eigenvalue weighted by Gasteiger charge is 2.21. The van der Waals surface area contributed by atoms with E-state index in [0.717, 1.165) is 5.69 Å². The molecule has 0 radical (unpaired) electrons. The van der Waals surface area contributed by atoms with E-state index in [1.807, 2.05) is 11.9 Å². The molecule has 14 heteroatoms. The molecular formula is C20H23ClN8O5. The number of hydrogen-bond donors (Lipinski definition) is 5. The first-order valence-corrected chi connectivity index (χ1v) is 9.75. The van der Waals surface area contributed by atoms with E-state index in [0.29, 0.717) is 23.4 Å². The van der Waals surface area contributed by atoms with Crippen molar-refractivity contribution in [3.63, 3.8) is 0 Å². The van der Waals surface area contributed by atoms with Crippen LogP contribution in [0.4, 0.5) is 17.5 Å². The van der Waals surface area contributed by atoms with E-state index in [1.165, 1.54) is 12.1 Å². The Bertz CT molecular complexity index is 1210. The number of benzene rings is 1. The number of aliphatic carboxylic acids is 2. The third-order valence-electron chi connectivity index (χ3n) is 4.72. The smallest absolute Gasteiger partial charge is 0.326 e. The van der Waals surface area contributed by atoms with Crippen LogP contribution in [0.5, 0.6) is 0 Å². The Morgan fingerprint density at radius 3 is 2.38 bits per heavy atom. The Kier molecular flexibility index (Phi) is 8.45. The summed E-state index contributed by atoms with van der Waals surface area (Å²) >= 11 is 0. The molecule has 0 aliphatic heterocycles. The van der Waals surface area contributed by atoms with Crippen LogP contribution in [0.3, 0.4) is 0 Å². The molecule has 34 heavy (non-hydrogen) atoms. The number of nitrogens with two attached hydrogens (primary N) is 2. The number of fused-ring (bicyclic) bond motifs is 1. The predicted octanol–water partition coefficient (Wildman–Crippen LogP) is 0.690. The van der Waals surface area contributed by atoms with Crippen molar-refractivity contribution in [2.75, 3.05) is 23.4 Å². The molecule has 2 aromatic heterocycles. The molecule has 0 spiro atoms. The second kappa shape index (κ2) is 11.0. The summed E-state index contributed by atoms with van der Waals surface area (Å²) in [4.78, 5) is 52.7. The SMILES string of the molecule is CN(Cc1cnc2nc(N)nc(N)c2n1)c1ccc(C(=O)N[C@@H](CCC(=O)O)C(=O)O)cc1.Cl. The van der Waals surface area contributed by atoms with E-state index < -0.39 is 23.9 Å². The highest BCUT2D eigenvalue weighted by Crippen LogP contribution is 2.19. The van der Waals surface area contributed by atoms with Crippen LogP contribution in [0.15, 0.2) is 30.5 Å². The van der Waals surface area contributed by atoms with Gasteiger partial charge in [0, 0.05) is 24.7 Å². The van der Waals surface area contributed by atoms with Crippen LogP contribution in [-0.2, 0) is 16.1 Å². The number of hydrogen-bond acceptors (Lipinski definition) is 10. The Morgan fingerprint density at radius 1 is 1.09 bits per heavy atom. The van der Waals surface area contributed by atoms with Gasteiger partial charge in [-0.25, -0.2) is 14.8 Å². The van der Waals surface area contributed by atoms with Gasteiger partial charge >= 0.3 is 11.9 Å². The highest BCUT2D eigenvalue weighted by atomic mass is 35.5. The molecule has 0 saturated carbocycles. The average molecular weight is 491 g/mol. The summed E-state index contributed by atoms with van der Waals surface area (Å²) in [6.07, 6.45) is 0.964. The minimum absolute atomic E-state index is 0. The number of amides is 1. The fraction of sp³-hybridized carbons (Fsp3) is 0.250.